The summed E-state index contributed by atoms with van der Waals surface area (Å²) in [5.74, 6) is -2.90. The minimum atomic E-state index is -0.961. The van der Waals surface area contributed by atoms with Crippen molar-refractivity contribution in [1.29, 1.82) is 0 Å². The van der Waals surface area contributed by atoms with Crippen LogP contribution < -0.4 is 5.32 Å². The van der Waals surface area contributed by atoms with E-state index >= 15 is 0 Å². The zero-order valence-corrected chi connectivity index (χ0v) is 25.6. The average Bonchev–Trinajstić information content (AvgIpc) is 3.29. The van der Waals surface area contributed by atoms with E-state index in [1.807, 2.05) is 44.2 Å². The largest absolute Gasteiger partial charge is 0.339 e. The highest BCUT2D eigenvalue weighted by molar-refractivity contribution is 6.22. The second-order valence-electron chi connectivity index (χ2n) is 11.2. The lowest BCUT2D eigenvalue weighted by molar-refractivity contribution is -0.119. The molecule has 4 rings (SSSR count). The van der Waals surface area contributed by atoms with Gasteiger partial charge in [0, 0.05) is 35.2 Å². The minimum absolute atomic E-state index is 0.0225. The summed E-state index contributed by atoms with van der Waals surface area (Å²) < 4.78 is 13.3. The second-order valence-corrected chi connectivity index (χ2v) is 11.2. The number of benzene rings is 3. The molecule has 0 saturated carbocycles. The molecular formula is C34H37FN6O4. The predicted octanol–water partition coefficient (Wildman–Crippen LogP) is 6.64. The summed E-state index contributed by atoms with van der Waals surface area (Å²) in [6.45, 7) is 6.76. The van der Waals surface area contributed by atoms with E-state index in [9.17, 15) is 29.1 Å². The summed E-state index contributed by atoms with van der Waals surface area (Å²) in [5.41, 5.74) is 11.3. The molecule has 0 spiro atoms. The Morgan fingerprint density at radius 3 is 2.22 bits per heavy atom. The number of anilines is 1. The molecule has 0 saturated heterocycles. The quantitative estimate of drug-likeness (QED) is 0.0945. The topological polar surface area (TPSA) is 136 Å². The van der Waals surface area contributed by atoms with Crippen molar-refractivity contribution in [2.45, 2.75) is 58.5 Å². The molecule has 1 aliphatic heterocycles. The molecule has 0 aliphatic carbocycles. The van der Waals surface area contributed by atoms with E-state index < -0.39 is 41.5 Å². The molecule has 0 aromatic heterocycles. The lowest BCUT2D eigenvalue weighted by atomic mass is 9.91. The van der Waals surface area contributed by atoms with Crippen molar-refractivity contribution in [2.75, 3.05) is 18.4 Å². The summed E-state index contributed by atoms with van der Waals surface area (Å²) in [4.78, 5) is 60.0. The summed E-state index contributed by atoms with van der Waals surface area (Å²) in [5, 5.41) is 6.72. The molecule has 0 bridgehead atoms. The number of azide groups is 1. The van der Waals surface area contributed by atoms with E-state index in [0.717, 1.165) is 23.3 Å². The van der Waals surface area contributed by atoms with Crippen LogP contribution in [0.1, 0.15) is 76.7 Å². The average molecular weight is 613 g/mol. The van der Waals surface area contributed by atoms with Gasteiger partial charge in [0.1, 0.15) is 5.82 Å². The molecule has 1 N–H and O–H groups in total. The van der Waals surface area contributed by atoms with E-state index in [2.05, 4.69) is 15.3 Å². The first-order valence-electron chi connectivity index (χ1n) is 15.1. The van der Waals surface area contributed by atoms with Gasteiger partial charge in [-0.2, -0.15) is 0 Å². The van der Waals surface area contributed by atoms with E-state index in [0.29, 0.717) is 24.3 Å². The molecule has 0 fully saturated rings. The summed E-state index contributed by atoms with van der Waals surface area (Å²) in [6, 6.07) is 17.1. The van der Waals surface area contributed by atoms with Gasteiger partial charge in [-0.05, 0) is 79.2 Å². The van der Waals surface area contributed by atoms with Gasteiger partial charge in [-0.15, -0.1) is 0 Å². The third-order valence-electron chi connectivity index (χ3n) is 7.86. The van der Waals surface area contributed by atoms with Crippen molar-refractivity contribution < 1.29 is 23.6 Å². The highest BCUT2D eigenvalue weighted by Gasteiger charge is 2.43. The highest BCUT2D eigenvalue weighted by Crippen LogP contribution is 2.31. The molecule has 0 radical (unpaired) electrons. The fraction of sp³-hybridized carbons (Fsp3) is 0.353. The molecule has 1 aliphatic rings. The van der Waals surface area contributed by atoms with E-state index in [4.69, 9.17) is 0 Å². The zero-order chi connectivity index (χ0) is 32.5. The normalized spacial score (nSPS) is 14.3. The van der Waals surface area contributed by atoms with Gasteiger partial charge in [-0.25, -0.2) is 4.39 Å². The zero-order valence-electron chi connectivity index (χ0n) is 25.6. The van der Waals surface area contributed by atoms with Crippen LogP contribution in [0.5, 0.6) is 0 Å². The maximum absolute atomic E-state index is 14.0. The van der Waals surface area contributed by atoms with Crippen LogP contribution in [0.4, 0.5) is 10.1 Å². The minimum Gasteiger partial charge on any atom is -0.339 e. The summed E-state index contributed by atoms with van der Waals surface area (Å²) >= 11 is 0. The van der Waals surface area contributed by atoms with E-state index in [-0.39, 0.29) is 29.9 Å². The number of carbonyl (C=O) groups excluding carboxylic acids is 4. The van der Waals surface area contributed by atoms with Crippen LogP contribution in [0, 0.1) is 11.7 Å². The highest BCUT2D eigenvalue weighted by atomic mass is 19.1. The number of amides is 4. The Bertz CT molecular complexity index is 1580. The Morgan fingerprint density at radius 2 is 1.60 bits per heavy atom. The lowest BCUT2D eigenvalue weighted by Crippen LogP contribution is -2.48. The number of carbonyl (C=O) groups is 4. The third kappa shape index (κ3) is 7.74. The first kappa shape index (κ1) is 32.9. The molecule has 1 heterocycles. The molecule has 3 aromatic carbocycles. The van der Waals surface area contributed by atoms with Crippen molar-refractivity contribution >= 4 is 29.3 Å². The standard InChI is InChI=1S/C34H37FN6O4/c1-4-17-40(18-5-2)32(43)24-11-16-27-28(21-24)34(45)41(33(27)44)30(20-23-9-7-6-8-10-23)29(38-39-36)19-22(3)31(42)37-26-14-12-25(35)13-15-26/h6-16,21-22,29-30H,4-5,17-20H2,1-3H3,(H,37,42)/t22-,29+,30+/m1/s1. The first-order chi connectivity index (χ1) is 21.7. The number of halogens is 1. The predicted molar refractivity (Wildman–Crippen MR) is 169 cm³/mol. The maximum Gasteiger partial charge on any atom is 0.261 e. The molecule has 0 unspecified atom stereocenters. The number of hydrogen-bond donors (Lipinski definition) is 1. The SMILES string of the molecule is CCCN(CCC)C(=O)c1ccc2c(c1)C(=O)N([C@@H](Cc1ccccc1)[C@H](C[C@@H](C)C(=O)Nc1ccc(F)cc1)N=[N+]=[N-])C2=O. The van der Waals surface area contributed by atoms with Gasteiger partial charge < -0.3 is 10.2 Å². The fourth-order valence-electron chi connectivity index (χ4n) is 5.60. The van der Waals surface area contributed by atoms with Crippen molar-refractivity contribution in [3.63, 3.8) is 0 Å². The number of nitrogens with one attached hydrogen (secondary N) is 1. The summed E-state index contributed by atoms with van der Waals surface area (Å²) in [6.07, 6.45) is 1.76. The van der Waals surface area contributed by atoms with Crippen LogP contribution in [0.3, 0.4) is 0 Å². The molecule has 3 aromatic rings. The van der Waals surface area contributed by atoms with Crippen molar-refractivity contribution in [2.24, 2.45) is 11.0 Å². The van der Waals surface area contributed by atoms with Crippen LogP contribution in [0.15, 0.2) is 77.9 Å². The van der Waals surface area contributed by atoms with Crippen LogP contribution in [-0.2, 0) is 11.2 Å². The monoisotopic (exact) mass is 612 g/mol. The lowest BCUT2D eigenvalue weighted by Gasteiger charge is -2.32. The van der Waals surface area contributed by atoms with Gasteiger partial charge in [-0.1, -0.05) is 56.2 Å². The molecule has 234 valence electrons. The van der Waals surface area contributed by atoms with Gasteiger partial charge >= 0.3 is 0 Å². The molecule has 3 atom stereocenters. The number of fused-ring (bicyclic) bond motifs is 1. The van der Waals surface area contributed by atoms with Crippen LogP contribution in [0.25, 0.3) is 10.4 Å². The molecule has 11 heteroatoms. The number of imide groups is 1. The molecular weight excluding hydrogens is 575 g/mol. The van der Waals surface area contributed by atoms with Crippen LogP contribution >= 0.6 is 0 Å². The van der Waals surface area contributed by atoms with Gasteiger partial charge in [0.2, 0.25) is 5.91 Å². The molecule has 45 heavy (non-hydrogen) atoms. The third-order valence-corrected chi connectivity index (χ3v) is 7.86. The Labute approximate surface area is 261 Å². The van der Waals surface area contributed by atoms with Crippen LogP contribution in [-0.4, -0.2) is 58.6 Å². The van der Waals surface area contributed by atoms with Gasteiger partial charge in [0.25, 0.3) is 17.7 Å². The van der Waals surface area contributed by atoms with Gasteiger partial charge in [-0.3, -0.25) is 24.1 Å². The van der Waals surface area contributed by atoms with Gasteiger partial charge in [0.05, 0.1) is 23.2 Å². The summed E-state index contributed by atoms with van der Waals surface area (Å²) in [7, 11) is 0. The van der Waals surface area contributed by atoms with E-state index in [1.54, 1.807) is 17.9 Å². The van der Waals surface area contributed by atoms with Crippen molar-refractivity contribution in [1.82, 2.24) is 9.80 Å². The smallest absolute Gasteiger partial charge is 0.261 e. The maximum atomic E-state index is 14.0. The second kappa shape index (κ2) is 15.1. The number of rotatable bonds is 14. The number of nitrogens with zero attached hydrogens (tertiary/aromatic N) is 5. The fourth-order valence-corrected chi connectivity index (χ4v) is 5.60. The van der Waals surface area contributed by atoms with E-state index in [1.165, 1.54) is 36.4 Å². The first-order valence-corrected chi connectivity index (χ1v) is 15.1. The Balaban J connectivity index is 1.65. The Morgan fingerprint density at radius 1 is 0.956 bits per heavy atom. The molecule has 10 nitrogen and oxygen atoms in total. The van der Waals surface area contributed by atoms with Crippen molar-refractivity contribution in [3.05, 3.63) is 111 Å². The van der Waals surface area contributed by atoms with Gasteiger partial charge in [0.15, 0.2) is 0 Å². The van der Waals surface area contributed by atoms with Crippen LogP contribution in [0.2, 0.25) is 0 Å². The number of hydrogen-bond acceptors (Lipinski definition) is 5. The Kier molecular flexibility index (Phi) is 11.0. The molecule has 4 amide bonds. The van der Waals surface area contributed by atoms with Crippen molar-refractivity contribution in [3.8, 4) is 0 Å². The Hall–Kier alpha value is -5.02.